The van der Waals surface area contributed by atoms with E-state index in [1.54, 1.807) is 13.8 Å². The van der Waals surface area contributed by atoms with Crippen LogP contribution in [0, 0.1) is 5.41 Å². The molecule has 0 aliphatic heterocycles. The Morgan fingerprint density at radius 2 is 2.20 bits per heavy atom. The van der Waals surface area contributed by atoms with Crippen molar-refractivity contribution < 1.29 is 9.90 Å². The number of carbonyl (C=O) groups is 1. The smallest absolute Gasteiger partial charge is 0.309 e. The molecular weight excluding hydrogens is 192 g/mol. The summed E-state index contributed by atoms with van der Waals surface area (Å²) in [5.74, 6) is -0.790. The van der Waals surface area contributed by atoms with Crippen molar-refractivity contribution in [3.05, 3.63) is 18.0 Å². The minimum absolute atomic E-state index is 0.312. The van der Waals surface area contributed by atoms with E-state index in [1.807, 2.05) is 30.8 Å². The van der Waals surface area contributed by atoms with Crippen molar-refractivity contribution in [2.24, 2.45) is 5.41 Å². The highest BCUT2D eigenvalue weighted by atomic mass is 16.4. The monoisotopic (exact) mass is 210 g/mol. The number of rotatable bonds is 4. The summed E-state index contributed by atoms with van der Waals surface area (Å²) in [5, 5.41) is 13.3. The van der Waals surface area contributed by atoms with Gasteiger partial charge in [-0.25, -0.2) is 0 Å². The lowest BCUT2D eigenvalue weighted by atomic mass is 9.88. The first kappa shape index (κ1) is 11.8. The van der Waals surface area contributed by atoms with Crippen LogP contribution >= 0.6 is 0 Å². The number of aliphatic carboxylic acids is 1. The zero-order valence-electron chi connectivity index (χ0n) is 9.69. The van der Waals surface area contributed by atoms with E-state index < -0.39 is 11.4 Å². The zero-order chi connectivity index (χ0) is 11.6. The van der Waals surface area contributed by atoms with Gasteiger partial charge in [0.25, 0.3) is 0 Å². The van der Waals surface area contributed by atoms with Crippen LogP contribution in [0.1, 0.15) is 39.4 Å². The van der Waals surface area contributed by atoms with E-state index >= 15 is 0 Å². The van der Waals surface area contributed by atoms with Crippen LogP contribution in [-0.2, 0) is 11.2 Å². The largest absolute Gasteiger partial charge is 0.481 e. The van der Waals surface area contributed by atoms with Gasteiger partial charge in [0.15, 0.2) is 0 Å². The van der Waals surface area contributed by atoms with Crippen molar-refractivity contribution in [2.75, 3.05) is 0 Å². The molecule has 1 N–H and O–H groups in total. The summed E-state index contributed by atoms with van der Waals surface area (Å²) in [6.07, 6.45) is 2.35. The van der Waals surface area contributed by atoms with Gasteiger partial charge in [-0.3, -0.25) is 9.48 Å². The van der Waals surface area contributed by atoms with Gasteiger partial charge in [-0.05, 0) is 33.8 Å². The van der Waals surface area contributed by atoms with E-state index in [0.717, 1.165) is 5.69 Å². The van der Waals surface area contributed by atoms with Crippen LogP contribution in [0.4, 0.5) is 0 Å². The van der Waals surface area contributed by atoms with E-state index in [2.05, 4.69) is 5.10 Å². The molecule has 0 amide bonds. The van der Waals surface area contributed by atoms with Crippen molar-refractivity contribution in [1.29, 1.82) is 0 Å². The van der Waals surface area contributed by atoms with Gasteiger partial charge in [0, 0.05) is 18.7 Å². The van der Waals surface area contributed by atoms with E-state index in [1.165, 1.54) is 0 Å². The van der Waals surface area contributed by atoms with E-state index in [9.17, 15) is 4.79 Å². The maximum Gasteiger partial charge on any atom is 0.309 e. The third-order valence-corrected chi connectivity index (χ3v) is 2.39. The molecule has 1 aromatic rings. The third kappa shape index (κ3) is 2.81. The number of hydrogen-bond donors (Lipinski definition) is 1. The molecule has 1 rings (SSSR count). The highest BCUT2D eigenvalue weighted by molar-refractivity contribution is 5.73. The molecule has 84 valence electrons. The van der Waals surface area contributed by atoms with Crippen LogP contribution < -0.4 is 0 Å². The van der Waals surface area contributed by atoms with Crippen molar-refractivity contribution >= 4 is 5.97 Å². The van der Waals surface area contributed by atoms with Gasteiger partial charge >= 0.3 is 5.97 Å². The lowest BCUT2D eigenvalue weighted by Gasteiger charge is -2.17. The van der Waals surface area contributed by atoms with Gasteiger partial charge in [-0.1, -0.05) is 0 Å². The molecule has 0 aromatic carbocycles. The maximum atomic E-state index is 10.9. The second kappa shape index (κ2) is 4.04. The zero-order valence-corrected chi connectivity index (χ0v) is 9.69. The van der Waals surface area contributed by atoms with Crippen LogP contribution in [0.3, 0.4) is 0 Å². The molecule has 4 nitrogen and oxygen atoms in total. The molecule has 0 fully saturated rings. The molecule has 0 saturated heterocycles. The van der Waals surface area contributed by atoms with E-state index in [4.69, 9.17) is 5.11 Å². The molecule has 0 unspecified atom stereocenters. The average Bonchev–Trinajstić information content (AvgIpc) is 2.51. The molecule has 15 heavy (non-hydrogen) atoms. The third-order valence-electron chi connectivity index (χ3n) is 2.39. The van der Waals surface area contributed by atoms with Crippen LogP contribution in [0.15, 0.2) is 12.3 Å². The Kier molecular flexibility index (Phi) is 3.17. The van der Waals surface area contributed by atoms with E-state index in [0.29, 0.717) is 12.5 Å². The highest BCUT2D eigenvalue weighted by Gasteiger charge is 2.28. The fraction of sp³-hybridized carbons (Fsp3) is 0.636. The van der Waals surface area contributed by atoms with Crippen molar-refractivity contribution in [2.45, 2.75) is 40.2 Å². The van der Waals surface area contributed by atoms with Crippen molar-refractivity contribution in [3.63, 3.8) is 0 Å². The minimum Gasteiger partial charge on any atom is -0.481 e. The minimum atomic E-state index is -0.790. The molecular formula is C11H18N2O2. The second-order valence-corrected chi connectivity index (χ2v) is 4.75. The molecule has 1 heterocycles. The standard InChI is InChI=1S/C11H18N2O2/c1-8(2)13-6-5-9(12-13)7-11(3,4)10(14)15/h5-6,8H,7H2,1-4H3,(H,14,15). The first-order valence-corrected chi connectivity index (χ1v) is 5.10. The fourth-order valence-corrected chi connectivity index (χ4v) is 1.29. The van der Waals surface area contributed by atoms with Gasteiger partial charge in [-0.15, -0.1) is 0 Å². The Bertz CT molecular complexity index is 353. The second-order valence-electron chi connectivity index (χ2n) is 4.75. The predicted molar refractivity (Wildman–Crippen MR) is 57.7 cm³/mol. The summed E-state index contributed by atoms with van der Waals surface area (Å²) in [4.78, 5) is 10.9. The highest BCUT2D eigenvalue weighted by Crippen LogP contribution is 2.21. The Morgan fingerprint density at radius 3 is 2.60 bits per heavy atom. The molecule has 0 aliphatic rings. The quantitative estimate of drug-likeness (QED) is 0.828. The van der Waals surface area contributed by atoms with Gasteiger partial charge in [0.1, 0.15) is 0 Å². The summed E-state index contributed by atoms with van der Waals surface area (Å²) in [6.45, 7) is 7.51. The summed E-state index contributed by atoms with van der Waals surface area (Å²) < 4.78 is 1.84. The maximum absolute atomic E-state index is 10.9. The molecule has 0 bridgehead atoms. The van der Waals surface area contributed by atoms with Gasteiger partial charge in [0.05, 0.1) is 11.1 Å². The Morgan fingerprint density at radius 1 is 1.60 bits per heavy atom. The lowest BCUT2D eigenvalue weighted by Crippen LogP contribution is -2.26. The molecule has 4 heteroatoms. The molecule has 0 atom stereocenters. The Balaban J connectivity index is 2.77. The van der Waals surface area contributed by atoms with E-state index in [-0.39, 0.29) is 0 Å². The van der Waals surface area contributed by atoms with Gasteiger partial charge < -0.3 is 5.11 Å². The fourth-order valence-electron chi connectivity index (χ4n) is 1.29. The number of carboxylic acids is 1. The topological polar surface area (TPSA) is 55.1 Å². The van der Waals surface area contributed by atoms with Gasteiger partial charge in [-0.2, -0.15) is 5.10 Å². The lowest BCUT2D eigenvalue weighted by molar-refractivity contribution is -0.146. The van der Waals surface area contributed by atoms with Crippen LogP contribution in [0.25, 0.3) is 0 Å². The molecule has 0 aliphatic carbocycles. The predicted octanol–water partition coefficient (Wildman–Crippen LogP) is 2.12. The molecule has 0 radical (unpaired) electrons. The van der Waals surface area contributed by atoms with Crippen molar-refractivity contribution in [1.82, 2.24) is 9.78 Å². The first-order chi connectivity index (χ1) is 6.83. The van der Waals surface area contributed by atoms with Crippen LogP contribution in [0.2, 0.25) is 0 Å². The SMILES string of the molecule is CC(C)n1ccc(CC(C)(C)C(=O)O)n1. The van der Waals surface area contributed by atoms with Gasteiger partial charge in [0.2, 0.25) is 0 Å². The number of hydrogen-bond acceptors (Lipinski definition) is 2. The normalized spacial score (nSPS) is 12.1. The molecule has 1 aromatic heterocycles. The Hall–Kier alpha value is -1.32. The summed E-state index contributed by atoms with van der Waals surface area (Å²) in [7, 11) is 0. The first-order valence-electron chi connectivity index (χ1n) is 5.10. The number of carboxylic acid groups (broad SMARTS) is 1. The van der Waals surface area contributed by atoms with Crippen LogP contribution in [-0.4, -0.2) is 20.9 Å². The number of aromatic nitrogens is 2. The molecule has 0 saturated carbocycles. The van der Waals surface area contributed by atoms with Crippen molar-refractivity contribution in [3.8, 4) is 0 Å². The summed E-state index contributed by atoms with van der Waals surface area (Å²) in [6, 6.07) is 2.19. The Labute approximate surface area is 89.9 Å². The summed E-state index contributed by atoms with van der Waals surface area (Å²) >= 11 is 0. The summed E-state index contributed by atoms with van der Waals surface area (Å²) in [5.41, 5.74) is 0.0759. The molecule has 0 spiro atoms. The number of nitrogens with zero attached hydrogens (tertiary/aromatic N) is 2. The average molecular weight is 210 g/mol. The van der Waals surface area contributed by atoms with Crippen LogP contribution in [0.5, 0.6) is 0 Å².